The number of hydrogen-bond acceptors (Lipinski definition) is 7. The number of anilines is 2. The van der Waals surface area contributed by atoms with E-state index in [0.717, 1.165) is 11.3 Å². The zero-order chi connectivity index (χ0) is 22.0. The number of pyridine rings is 1. The number of dihydropyridines is 1. The van der Waals surface area contributed by atoms with Crippen molar-refractivity contribution in [2.45, 2.75) is 38.9 Å². The van der Waals surface area contributed by atoms with Crippen LogP contribution in [0.1, 0.15) is 26.7 Å². The summed E-state index contributed by atoms with van der Waals surface area (Å²) in [4.78, 5) is 36.8. The number of alkyl halides is 1. The predicted molar refractivity (Wildman–Crippen MR) is 115 cm³/mol. The molecule has 1 fully saturated rings. The van der Waals surface area contributed by atoms with Gasteiger partial charge in [0.25, 0.3) is 0 Å². The lowest BCUT2D eigenvalue weighted by molar-refractivity contribution is -0.119. The van der Waals surface area contributed by atoms with Gasteiger partial charge in [-0.2, -0.15) is 0 Å². The molecule has 1 aliphatic carbocycles. The van der Waals surface area contributed by atoms with Gasteiger partial charge in [-0.25, -0.2) is 19.3 Å². The number of allylic oxidation sites excluding steroid dienone is 1. The lowest BCUT2D eigenvalue weighted by atomic mass is 10.0. The number of carbonyl (C=O) groups excluding carboxylic acids is 2. The van der Waals surface area contributed by atoms with Crippen molar-refractivity contribution in [1.82, 2.24) is 20.3 Å². The van der Waals surface area contributed by atoms with E-state index in [0.29, 0.717) is 29.3 Å². The fraction of sp³-hybridized carbons (Fsp3) is 0.318. The quantitative estimate of drug-likeness (QED) is 0.629. The van der Waals surface area contributed by atoms with Gasteiger partial charge in [-0.15, -0.1) is 0 Å². The maximum Gasteiger partial charge on any atom is 0.231 e. The maximum atomic E-state index is 13.1. The highest BCUT2D eigenvalue weighted by Gasteiger charge is 2.43. The van der Waals surface area contributed by atoms with Gasteiger partial charge in [0.15, 0.2) is 5.78 Å². The Kier molecular flexibility index (Phi) is 5.75. The minimum absolute atomic E-state index is 0.119. The van der Waals surface area contributed by atoms with Gasteiger partial charge in [0.1, 0.15) is 30.2 Å². The molecule has 0 bridgehead atoms. The molecule has 31 heavy (non-hydrogen) atoms. The van der Waals surface area contributed by atoms with Crippen molar-refractivity contribution in [3.05, 3.63) is 54.3 Å². The van der Waals surface area contributed by atoms with Gasteiger partial charge >= 0.3 is 0 Å². The van der Waals surface area contributed by atoms with E-state index in [1.807, 2.05) is 26.0 Å². The van der Waals surface area contributed by atoms with Gasteiger partial charge in [-0.3, -0.25) is 9.59 Å². The standard InChI is InChI=1S/C22H23FN6O2/c1-3-19(30)17-7-12(2)18(10-25-17)28-21-13(5-4-6-24-21)16-9-20(27-11-26-16)29-22(31)14-8-15(14)23/h4-7,9-11,14-15,17,25H,3,8H2,1-2H3,(H,24,28)(H,26,27,29,31). The lowest BCUT2D eigenvalue weighted by Gasteiger charge is -2.22. The molecule has 0 spiro atoms. The van der Waals surface area contributed by atoms with Crippen LogP contribution in [0.4, 0.5) is 16.0 Å². The van der Waals surface area contributed by atoms with Gasteiger partial charge in [-0.05, 0) is 37.1 Å². The van der Waals surface area contributed by atoms with Crippen molar-refractivity contribution in [3.63, 3.8) is 0 Å². The molecular weight excluding hydrogens is 399 g/mol. The molecule has 0 saturated heterocycles. The number of halogens is 1. The summed E-state index contributed by atoms with van der Waals surface area (Å²) in [5, 5.41) is 9.02. The molecular formula is C22H23FN6O2. The Hall–Kier alpha value is -3.62. The topological polar surface area (TPSA) is 109 Å². The summed E-state index contributed by atoms with van der Waals surface area (Å²) in [6.45, 7) is 3.76. The van der Waals surface area contributed by atoms with E-state index < -0.39 is 12.1 Å². The second-order valence-electron chi connectivity index (χ2n) is 7.53. The summed E-state index contributed by atoms with van der Waals surface area (Å²) in [6, 6.07) is 4.93. The molecule has 9 heteroatoms. The average molecular weight is 422 g/mol. The van der Waals surface area contributed by atoms with Crippen LogP contribution in [-0.2, 0) is 9.59 Å². The van der Waals surface area contributed by atoms with E-state index >= 15 is 0 Å². The van der Waals surface area contributed by atoms with Crippen LogP contribution in [0, 0.1) is 5.92 Å². The Morgan fingerprint density at radius 1 is 1.29 bits per heavy atom. The minimum Gasteiger partial charge on any atom is -0.376 e. The Bertz CT molecular complexity index is 1080. The molecule has 8 nitrogen and oxygen atoms in total. The monoisotopic (exact) mass is 422 g/mol. The number of nitrogens with one attached hydrogen (secondary N) is 3. The summed E-state index contributed by atoms with van der Waals surface area (Å²) in [5.74, 6) is 0.00837. The van der Waals surface area contributed by atoms with E-state index in [4.69, 9.17) is 0 Å². The molecule has 2 aromatic heterocycles. The minimum atomic E-state index is -1.07. The predicted octanol–water partition coefficient (Wildman–Crippen LogP) is 2.99. The third-order valence-corrected chi connectivity index (χ3v) is 5.25. The third-order valence-electron chi connectivity index (χ3n) is 5.25. The molecule has 3 unspecified atom stereocenters. The summed E-state index contributed by atoms with van der Waals surface area (Å²) < 4.78 is 13.1. The van der Waals surface area contributed by atoms with Gasteiger partial charge in [0, 0.05) is 30.4 Å². The van der Waals surface area contributed by atoms with E-state index in [2.05, 4.69) is 30.9 Å². The number of nitrogens with zero attached hydrogens (tertiary/aromatic N) is 3. The molecule has 0 aromatic carbocycles. The normalized spacial score (nSPS) is 22.0. The second kappa shape index (κ2) is 8.63. The lowest BCUT2D eigenvalue weighted by Crippen LogP contribution is -2.34. The van der Waals surface area contributed by atoms with E-state index in [-0.39, 0.29) is 24.2 Å². The van der Waals surface area contributed by atoms with Crippen LogP contribution in [0.5, 0.6) is 0 Å². The van der Waals surface area contributed by atoms with Crippen LogP contribution in [0.2, 0.25) is 0 Å². The number of amides is 1. The van der Waals surface area contributed by atoms with Crippen molar-refractivity contribution < 1.29 is 14.0 Å². The molecule has 3 N–H and O–H groups in total. The number of rotatable bonds is 7. The van der Waals surface area contributed by atoms with Crippen molar-refractivity contribution in [2.75, 3.05) is 10.6 Å². The summed E-state index contributed by atoms with van der Waals surface area (Å²) >= 11 is 0. The largest absolute Gasteiger partial charge is 0.376 e. The van der Waals surface area contributed by atoms with Crippen molar-refractivity contribution >= 4 is 23.3 Å². The number of hydrogen-bond donors (Lipinski definition) is 3. The Morgan fingerprint density at radius 2 is 2.10 bits per heavy atom. The van der Waals surface area contributed by atoms with Crippen molar-refractivity contribution in [2.24, 2.45) is 5.92 Å². The van der Waals surface area contributed by atoms with Crippen LogP contribution >= 0.6 is 0 Å². The second-order valence-corrected chi connectivity index (χ2v) is 7.53. The molecule has 1 aliphatic heterocycles. The van der Waals surface area contributed by atoms with E-state index in [9.17, 15) is 14.0 Å². The zero-order valence-electron chi connectivity index (χ0n) is 17.2. The van der Waals surface area contributed by atoms with Crippen LogP contribution in [0.25, 0.3) is 11.3 Å². The molecule has 3 atom stereocenters. The van der Waals surface area contributed by atoms with Crippen molar-refractivity contribution in [3.8, 4) is 11.3 Å². The average Bonchev–Trinajstić information content (AvgIpc) is 3.52. The van der Waals surface area contributed by atoms with Gasteiger partial charge in [0.05, 0.1) is 17.3 Å². The number of Topliss-reactive ketones (excluding diaryl/α,β-unsaturated/α-hetero) is 1. The summed E-state index contributed by atoms with van der Waals surface area (Å²) in [6.07, 6.45) is 6.28. The highest BCUT2D eigenvalue weighted by molar-refractivity contribution is 5.94. The maximum absolute atomic E-state index is 13.1. The van der Waals surface area contributed by atoms with E-state index in [1.54, 1.807) is 24.5 Å². The molecule has 3 heterocycles. The van der Waals surface area contributed by atoms with Gasteiger partial charge < -0.3 is 16.0 Å². The zero-order valence-corrected chi connectivity index (χ0v) is 17.2. The molecule has 0 radical (unpaired) electrons. The number of ketones is 1. The molecule has 4 rings (SSSR count). The van der Waals surface area contributed by atoms with E-state index in [1.165, 1.54) is 6.33 Å². The molecule has 1 saturated carbocycles. The first-order valence-corrected chi connectivity index (χ1v) is 10.1. The molecule has 2 aliphatic rings. The van der Waals surface area contributed by atoms with Crippen molar-refractivity contribution in [1.29, 1.82) is 0 Å². The molecule has 160 valence electrons. The third kappa shape index (κ3) is 4.60. The highest BCUT2D eigenvalue weighted by Crippen LogP contribution is 2.35. The number of carbonyl (C=O) groups is 2. The molecule has 1 amide bonds. The first-order valence-electron chi connectivity index (χ1n) is 10.1. The van der Waals surface area contributed by atoms with Crippen LogP contribution < -0.4 is 16.0 Å². The fourth-order valence-corrected chi connectivity index (χ4v) is 3.28. The highest BCUT2D eigenvalue weighted by atomic mass is 19.1. The smallest absolute Gasteiger partial charge is 0.231 e. The Morgan fingerprint density at radius 3 is 2.81 bits per heavy atom. The summed E-state index contributed by atoms with van der Waals surface area (Å²) in [5.41, 5.74) is 2.96. The SMILES string of the molecule is CCC(=O)C1C=C(C)C(Nc2ncccc2-c2cc(NC(=O)C3CC3F)ncn2)=CN1. The van der Waals surface area contributed by atoms with Gasteiger partial charge in [0.2, 0.25) is 5.91 Å². The fourth-order valence-electron chi connectivity index (χ4n) is 3.28. The Balaban J connectivity index is 1.54. The molecule has 2 aromatic rings. The van der Waals surface area contributed by atoms with Crippen LogP contribution in [0.15, 0.2) is 54.3 Å². The summed E-state index contributed by atoms with van der Waals surface area (Å²) in [7, 11) is 0. The van der Waals surface area contributed by atoms with Crippen LogP contribution in [0.3, 0.4) is 0 Å². The van der Waals surface area contributed by atoms with Gasteiger partial charge in [-0.1, -0.05) is 6.92 Å². The number of aromatic nitrogens is 3. The van der Waals surface area contributed by atoms with Crippen LogP contribution in [-0.4, -0.2) is 38.9 Å². The first-order chi connectivity index (χ1) is 15.0. The first kappa shape index (κ1) is 20.6. The Labute approximate surface area is 179 Å².